The molecule has 1 aromatic carbocycles. The molecule has 0 bridgehead atoms. The summed E-state index contributed by atoms with van der Waals surface area (Å²) in [5.41, 5.74) is 6.26. The van der Waals surface area contributed by atoms with Gasteiger partial charge in [0.25, 0.3) is 0 Å². The third-order valence-corrected chi connectivity index (χ3v) is 4.36. The van der Waals surface area contributed by atoms with Crippen LogP contribution in [0.4, 0.5) is 8.78 Å². The van der Waals surface area contributed by atoms with Crippen molar-refractivity contribution in [1.82, 2.24) is 10.2 Å². The number of benzene rings is 1. The lowest BCUT2D eigenvalue weighted by Crippen LogP contribution is -2.46. The number of amides is 2. The minimum Gasteiger partial charge on any atom is -0.435 e. The predicted octanol–water partition coefficient (Wildman–Crippen LogP) is 1.96. The summed E-state index contributed by atoms with van der Waals surface area (Å²) in [4.78, 5) is 26.2. The second-order valence-electron chi connectivity index (χ2n) is 6.28. The number of nitrogens with two attached hydrogens (primary N) is 1. The average Bonchev–Trinajstić information content (AvgIpc) is 2.65. The van der Waals surface area contributed by atoms with Gasteiger partial charge >= 0.3 is 6.61 Å². The molecule has 0 radical (unpaired) electrons. The van der Waals surface area contributed by atoms with Gasteiger partial charge in [-0.25, -0.2) is 0 Å². The molecule has 2 amide bonds. The Balaban J connectivity index is 0.00000364. The van der Waals surface area contributed by atoms with Crippen LogP contribution in [0.15, 0.2) is 24.3 Å². The second-order valence-corrected chi connectivity index (χ2v) is 6.28. The summed E-state index contributed by atoms with van der Waals surface area (Å²) in [6, 6.07) is 6.27. The molecule has 6 nitrogen and oxygen atoms in total. The Morgan fingerprint density at radius 2 is 2.00 bits per heavy atom. The molecule has 1 unspecified atom stereocenters. The average molecular weight is 406 g/mol. The third-order valence-electron chi connectivity index (χ3n) is 4.36. The van der Waals surface area contributed by atoms with Crippen molar-refractivity contribution in [1.29, 1.82) is 0 Å². The molecule has 0 spiro atoms. The van der Waals surface area contributed by atoms with Gasteiger partial charge in [-0.3, -0.25) is 9.59 Å². The van der Waals surface area contributed by atoms with E-state index in [0.717, 1.165) is 18.4 Å². The van der Waals surface area contributed by atoms with E-state index in [1.54, 1.807) is 17.0 Å². The van der Waals surface area contributed by atoms with Gasteiger partial charge in [0.15, 0.2) is 0 Å². The van der Waals surface area contributed by atoms with Crippen LogP contribution in [0.25, 0.3) is 0 Å². The molecule has 0 aliphatic carbocycles. The summed E-state index contributed by atoms with van der Waals surface area (Å²) in [7, 11) is 0. The minimum atomic E-state index is -2.85. The number of aryl methyl sites for hydroxylation is 1. The Bertz CT molecular complexity index is 602. The number of hydrogen-bond acceptors (Lipinski definition) is 4. The Morgan fingerprint density at radius 1 is 1.30 bits per heavy atom. The van der Waals surface area contributed by atoms with E-state index in [2.05, 4.69) is 10.1 Å². The molecule has 152 valence electrons. The summed E-state index contributed by atoms with van der Waals surface area (Å²) in [6.45, 7) is -0.940. The van der Waals surface area contributed by atoms with Crippen molar-refractivity contribution in [3.05, 3.63) is 29.8 Å². The first-order valence-electron chi connectivity index (χ1n) is 8.79. The summed E-state index contributed by atoms with van der Waals surface area (Å²) >= 11 is 0. The van der Waals surface area contributed by atoms with Gasteiger partial charge in [0.2, 0.25) is 11.8 Å². The third kappa shape index (κ3) is 7.68. The fraction of sp³-hybridized carbons (Fsp3) is 0.556. The van der Waals surface area contributed by atoms with Gasteiger partial charge < -0.3 is 20.7 Å². The molecule has 27 heavy (non-hydrogen) atoms. The maximum absolute atomic E-state index is 12.4. The number of halogens is 3. The zero-order valence-electron chi connectivity index (χ0n) is 15.0. The van der Waals surface area contributed by atoms with Gasteiger partial charge in [-0.15, -0.1) is 12.4 Å². The highest BCUT2D eigenvalue weighted by atomic mass is 35.5. The summed E-state index contributed by atoms with van der Waals surface area (Å²) in [5, 5.41) is 2.77. The summed E-state index contributed by atoms with van der Waals surface area (Å²) in [5.74, 6) is -0.153. The lowest BCUT2D eigenvalue weighted by atomic mass is 9.96. The lowest BCUT2D eigenvalue weighted by Gasteiger charge is -2.32. The van der Waals surface area contributed by atoms with E-state index in [0.29, 0.717) is 39.0 Å². The monoisotopic (exact) mass is 405 g/mol. The zero-order chi connectivity index (χ0) is 18.9. The van der Waals surface area contributed by atoms with E-state index >= 15 is 0 Å². The van der Waals surface area contributed by atoms with E-state index < -0.39 is 6.61 Å². The molecule has 1 fully saturated rings. The first-order chi connectivity index (χ1) is 12.5. The Labute approximate surface area is 163 Å². The van der Waals surface area contributed by atoms with Gasteiger partial charge in [0.05, 0.1) is 5.92 Å². The standard InChI is InChI=1S/C18H25F2N3O3.ClH/c19-18(20)26-15-6-3-13(4-7-15)5-8-16(24)23-11-1-2-14(12-23)17(25)22-10-9-21;/h3-4,6-7,14,18H,1-2,5,8-12,21H2,(H,22,25);1H. The number of piperidine rings is 1. The molecule has 2 rings (SSSR count). The van der Waals surface area contributed by atoms with Crippen molar-refractivity contribution in [2.75, 3.05) is 26.2 Å². The molecular weight excluding hydrogens is 380 g/mol. The van der Waals surface area contributed by atoms with Gasteiger partial charge in [-0.2, -0.15) is 8.78 Å². The predicted molar refractivity (Wildman–Crippen MR) is 100 cm³/mol. The van der Waals surface area contributed by atoms with Crippen LogP contribution in [0.1, 0.15) is 24.8 Å². The van der Waals surface area contributed by atoms with E-state index in [1.165, 1.54) is 12.1 Å². The van der Waals surface area contributed by atoms with Crippen LogP contribution < -0.4 is 15.8 Å². The first-order valence-corrected chi connectivity index (χ1v) is 8.79. The number of carbonyl (C=O) groups excluding carboxylic acids is 2. The molecule has 1 aliphatic heterocycles. The van der Waals surface area contributed by atoms with Crippen LogP contribution in [0.5, 0.6) is 5.75 Å². The Hall–Kier alpha value is -1.93. The number of carbonyl (C=O) groups is 2. The van der Waals surface area contributed by atoms with E-state index in [-0.39, 0.29) is 35.9 Å². The molecule has 1 aromatic rings. The van der Waals surface area contributed by atoms with Crippen LogP contribution in [0.3, 0.4) is 0 Å². The van der Waals surface area contributed by atoms with Crippen molar-refractivity contribution in [2.45, 2.75) is 32.3 Å². The van der Waals surface area contributed by atoms with Crippen molar-refractivity contribution < 1.29 is 23.1 Å². The topological polar surface area (TPSA) is 84.7 Å². The molecular formula is C18H26ClF2N3O3. The first kappa shape index (κ1) is 23.1. The highest BCUT2D eigenvalue weighted by molar-refractivity contribution is 5.85. The fourth-order valence-corrected chi connectivity index (χ4v) is 3.00. The van der Waals surface area contributed by atoms with Crippen molar-refractivity contribution in [3.8, 4) is 5.75 Å². The number of nitrogens with one attached hydrogen (secondary N) is 1. The molecule has 1 saturated heterocycles. The van der Waals surface area contributed by atoms with Crippen LogP contribution in [-0.4, -0.2) is 49.5 Å². The summed E-state index contributed by atoms with van der Waals surface area (Å²) in [6.07, 6.45) is 2.39. The molecule has 9 heteroatoms. The molecule has 1 heterocycles. The van der Waals surface area contributed by atoms with Gasteiger partial charge in [0.1, 0.15) is 5.75 Å². The van der Waals surface area contributed by atoms with Crippen molar-refractivity contribution in [3.63, 3.8) is 0 Å². The highest BCUT2D eigenvalue weighted by Crippen LogP contribution is 2.19. The summed E-state index contributed by atoms with van der Waals surface area (Å²) < 4.78 is 28.6. The normalized spacial score (nSPS) is 16.6. The lowest BCUT2D eigenvalue weighted by molar-refractivity contribution is -0.135. The smallest absolute Gasteiger partial charge is 0.387 e. The largest absolute Gasteiger partial charge is 0.435 e. The molecule has 1 atom stereocenters. The van der Waals surface area contributed by atoms with Crippen LogP contribution in [0, 0.1) is 5.92 Å². The van der Waals surface area contributed by atoms with E-state index in [4.69, 9.17) is 5.73 Å². The zero-order valence-corrected chi connectivity index (χ0v) is 15.9. The Morgan fingerprint density at radius 3 is 2.63 bits per heavy atom. The molecule has 1 aliphatic rings. The maximum Gasteiger partial charge on any atom is 0.387 e. The van der Waals surface area contributed by atoms with E-state index in [1.807, 2.05) is 0 Å². The highest BCUT2D eigenvalue weighted by Gasteiger charge is 2.27. The van der Waals surface area contributed by atoms with Gasteiger partial charge in [0, 0.05) is 32.6 Å². The SMILES string of the molecule is Cl.NCCNC(=O)C1CCCN(C(=O)CCc2ccc(OC(F)F)cc2)C1. The van der Waals surface area contributed by atoms with E-state index in [9.17, 15) is 18.4 Å². The van der Waals surface area contributed by atoms with Crippen LogP contribution in [-0.2, 0) is 16.0 Å². The van der Waals surface area contributed by atoms with Crippen LogP contribution in [0.2, 0.25) is 0 Å². The number of hydrogen-bond donors (Lipinski definition) is 2. The quantitative estimate of drug-likeness (QED) is 0.692. The number of ether oxygens (including phenoxy) is 1. The minimum absolute atomic E-state index is 0. The Kier molecular flexibility index (Phi) is 10.0. The van der Waals surface area contributed by atoms with Gasteiger partial charge in [-0.05, 0) is 37.0 Å². The maximum atomic E-state index is 12.4. The molecule has 3 N–H and O–H groups in total. The number of nitrogens with zero attached hydrogens (tertiary/aromatic N) is 1. The van der Waals surface area contributed by atoms with Crippen LogP contribution >= 0.6 is 12.4 Å². The van der Waals surface area contributed by atoms with Crippen molar-refractivity contribution in [2.24, 2.45) is 11.7 Å². The van der Waals surface area contributed by atoms with Crippen molar-refractivity contribution >= 4 is 24.2 Å². The second kappa shape index (κ2) is 11.7. The molecule has 0 saturated carbocycles. The fourth-order valence-electron chi connectivity index (χ4n) is 3.00. The number of alkyl halides is 2. The van der Waals surface area contributed by atoms with Gasteiger partial charge in [-0.1, -0.05) is 12.1 Å². The molecule has 0 aromatic heterocycles. The number of rotatable bonds is 8. The number of likely N-dealkylation sites (tertiary alicyclic amines) is 1.